The summed E-state index contributed by atoms with van der Waals surface area (Å²) in [5, 5.41) is 22.7. The molecule has 1 aromatic rings. The van der Waals surface area contributed by atoms with Gasteiger partial charge in [0.2, 0.25) is 0 Å². The van der Waals surface area contributed by atoms with Crippen LogP contribution in [0.1, 0.15) is 6.42 Å². The first-order valence-corrected chi connectivity index (χ1v) is 5.69. The number of benzene rings is 1. The number of amides is 2. The smallest absolute Gasteiger partial charge is 0.322 e. The molecule has 0 aromatic heterocycles. The van der Waals surface area contributed by atoms with E-state index in [4.69, 9.17) is 0 Å². The highest BCUT2D eigenvalue weighted by molar-refractivity contribution is 5.92. The van der Waals surface area contributed by atoms with Crippen LogP contribution in [0.2, 0.25) is 0 Å². The number of β-amino-alcohol motifs (C(OH)–C–C–N with tert-alkyl or cyclic N) is 1. The fourth-order valence-electron chi connectivity index (χ4n) is 1.99. The summed E-state index contributed by atoms with van der Waals surface area (Å²) in [6.07, 6.45) is -0.944. The van der Waals surface area contributed by atoms with Gasteiger partial charge in [0.15, 0.2) is 0 Å². The summed E-state index contributed by atoms with van der Waals surface area (Å²) in [6.45, 7) is -0.0777. The van der Waals surface area contributed by atoms with E-state index in [1.165, 1.54) is 24.3 Å². The van der Waals surface area contributed by atoms with E-state index in [0.717, 1.165) is 4.90 Å². The Hall–Kier alpha value is -2.15. The van der Waals surface area contributed by atoms with Gasteiger partial charge in [0.05, 0.1) is 18.1 Å². The number of aliphatic hydroxyl groups excluding tert-OH is 1. The van der Waals surface area contributed by atoms with Crippen molar-refractivity contribution in [2.24, 2.45) is 0 Å². The van der Waals surface area contributed by atoms with Crippen molar-refractivity contribution in [3.8, 4) is 0 Å². The molecule has 0 radical (unpaired) electrons. The first-order chi connectivity index (χ1) is 8.97. The summed E-state index contributed by atoms with van der Waals surface area (Å²) >= 11 is 0. The molecule has 0 spiro atoms. The van der Waals surface area contributed by atoms with Gasteiger partial charge in [-0.25, -0.2) is 9.18 Å². The van der Waals surface area contributed by atoms with Gasteiger partial charge in [0.1, 0.15) is 5.82 Å². The van der Waals surface area contributed by atoms with Crippen molar-refractivity contribution < 1.29 is 24.2 Å². The monoisotopic (exact) mass is 267 g/mol. The third-order valence-corrected chi connectivity index (χ3v) is 2.91. The van der Waals surface area contributed by atoms with Gasteiger partial charge >= 0.3 is 6.03 Å². The number of hydrogen-bond acceptors (Lipinski definition) is 4. The van der Waals surface area contributed by atoms with E-state index < -0.39 is 30.0 Å². The fourth-order valence-corrected chi connectivity index (χ4v) is 1.99. The van der Waals surface area contributed by atoms with E-state index >= 15 is 0 Å². The van der Waals surface area contributed by atoms with Gasteiger partial charge < -0.3 is 25.2 Å². The highest BCUT2D eigenvalue weighted by Gasteiger charge is 2.35. The Balaban J connectivity index is 2.06. The molecule has 1 aromatic carbocycles. The van der Waals surface area contributed by atoms with E-state index in [1.54, 1.807) is 0 Å². The van der Waals surface area contributed by atoms with Gasteiger partial charge in [0.25, 0.3) is 0 Å². The lowest BCUT2D eigenvalue weighted by atomic mass is 10.2. The van der Waals surface area contributed by atoms with Gasteiger partial charge in [-0.1, -0.05) is 0 Å². The van der Waals surface area contributed by atoms with Crippen LogP contribution in [0.4, 0.5) is 14.9 Å². The minimum atomic E-state index is -1.41. The highest BCUT2D eigenvalue weighted by Crippen LogP contribution is 2.19. The Bertz CT molecular complexity index is 491. The zero-order valence-corrected chi connectivity index (χ0v) is 9.88. The summed E-state index contributed by atoms with van der Waals surface area (Å²) in [7, 11) is 0. The van der Waals surface area contributed by atoms with E-state index in [1.807, 2.05) is 0 Å². The highest BCUT2D eigenvalue weighted by atomic mass is 19.1. The average Bonchev–Trinajstić information content (AvgIpc) is 2.74. The number of carbonyl (C=O) groups excluding carboxylic acids is 2. The number of carboxylic acids is 1. The zero-order chi connectivity index (χ0) is 14.0. The maximum Gasteiger partial charge on any atom is 0.322 e. The molecule has 1 heterocycles. The topological polar surface area (TPSA) is 92.7 Å². The minimum absolute atomic E-state index is 0.0564. The van der Waals surface area contributed by atoms with Crippen LogP contribution in [0.25, 0.3) is 0 Å². The minimum Gasteiger partial charge on any atom is -0.548 e. The van der Waals surface area contributed by atoms with Crippen LogP contribution < -0.4 is 10.4 Å². The molecule has 102 valence electrons. The number of rotatable bonds is 2. The largest absolute Gasteiger partial charge is 0.548 e. The normalized spacial score (nSPS) is 22.3. The maximum absolute atomic E-state index is 12.7. The molecule has 0 bridgehead atoms. The standard InChI is InChI=1S/C12H13FN2O4/c13-7-1-3-8(4-2-7)14-12(19)15-6-9(16)5-10(15)11(17)18/h1-4,9-10,16H,5-6H2,(H,14,19)(H,17,18)/p-1/t9-,10-/m1/s1. The lowest BCUT2D eigenvalue weighted by molar-refractivity contribution is -0.310. The Kier molecular flexibility index (Phi) is 3.66. The lowest BCUT2D eigenvalue weighted by Gasteiger charge is -2.25. The Morgan fingerprint density at radius 3 is 2.58 bits per heavy atom. The van der Waals surface area contributed by atoms with Crippen LogP contribution in [0.5, 0.6) is 0 Å². The van der Waals surface area contributed by atoms with E-state index in [-0.39, 0.29) is 13.0 Å². The number of carbonyl (C=O) groups is 2. The van der Waals surface area contributed by atoms with Crippen molar-refractivity contribution in [2.75, 3.05) is 11.9 Å². The Morgan fingerprint density at radius 2 is 2.00 bits per heavy atom. The molecule has 7 heteroatoms. The molecule has 2 amide bonds. The SMILES string of the molecule is O=C([O-])[C@H]1C[C@@H](O)CN1C(=O)Nc1ccc(F)cc1. The van der Waals surface area contributed by atoms with E-state index in [2.05, 4.69) is 5.32 Å². The van der Waals surface area contributed by atoms with Crippen LogP contribution in [0, 0.1) is 5.82 Å². The van der Waals surface area contributed by atoms with Crippen molar-refractivity contribution in [1.82, 2.24) is 4.90 Å². The number of likely N-dealkylation sites (tertiary alicyclic amines) is 1. The number of halogens is 1. The lowest BCUT2D eigenvalue weighted by Crippen LogP contribution is -2.48. The predicted octanol–water partition coefficient (Wildman–Crippen LogP) is -0.457. The quantitative estimate of drug-likeness (QED) is 0.758. The third kappa shape index (κ3) is 3.00. The van der Waals surface area contributed by atoms with Gasteiger partial charge in [-0.15, -0.1) is 0 Å². The fraction of sp³-hybridized carbons (Fsp3) is 0.333. The van der Waals surface area contributed by atoms with E-state index in [0.29, 0.717) is 5.69 Å². The first kappa shape index (κ1) is 13.3. The number of nitrogens with zero attached hydrogens (tertiary/aromatic N) is 1. The summed E-state index contributed by atoms with van der Waals surface area (Å²) in [6, 6.07) is 3.23. The molecular formula is C12H12FN2O4-. The molecule has 0 unspecified atom stereocenters. The van der Waals surface area contributed by atoms with Crippen molar-refractivity contribution in [1.29, 1.82) is 0 Å². The molecule has 1 saturated heterocycles. The van der Waals surface area contributed by atoms with Gasteiger partial charge in [-0.3, -0.25) is 0 Å². The molecular weight excluding hydrogens is 255 g/mol. The Labute approximate surface area is 108 Å². The van der Waals surface area contributed by atoms with Crippen LogP contribution >= 0.6 is 0 Å². The number of anilines is 1. The van der Waals surface area contributed by atoms with Gasteiger partial charge in [0, 0.05) is 18.7 Å². The summed E-state index contributed by atoms with van der Waals surface area (Å²) in [4.78, 5) is 23.7. The van der Waals surface area contributed by atoms with E-state index in [9.17, 15) is 24.2 Å². The number of aliphatic hydroxyl groups is 1. The number of hydrogen-bond donors (Lipinski definition) is 2. The molecule has 2 atom stereocenters. The molecule has 6 nitrogen and oxygen atoms in total. The summed E-state index contributed by atoms with van der Waals surface area (Å²) < 4.78 is 12.7. The van der Waals surface area contributed by atoms with Gasteiger partial charge in [-0.05, 0) is 24.3 Å². The molecule has 19 heavy (non-hydrogen) atoms. The van der Waals surface area contributed by atoms with Crippen molar-refractivity contribution in [2.45, 2.75) is 18.6 Å². The molecule has 2 rings (SSSR count). The Morgan fingerprint density at radius 1 is 1.37 bits per heavy atom. The number of nitrogens with one attached hydrogen (secondary N) is 1. The number of aliphatic carboxylic acids is 1. The van der Waals surface area contributed by atoms with Crippen LogP contribution in [0.3, 0.4) is 0 Å². The van der Waals surface area contributed by atoms with Crippen molar-refractivity contribution >= 4 is 17.7 Å². The molecule has 0 aliphatic carbocycles. The average molecular weight is 267 g/mol. The second kappa shape index (κ2) is 5.23. The van der Waals surface area contributed by atoms with Crippen LogP contribution in [-0.2, 0) is 4.79 Å². The molecule has 1 fully saturated rings. The van der Waals surface area contributed by atoms with Crippen molar-refractivity contribution in [3.63, 3.8) is 0 Å². The first-order valence-electron chi connectivity index (χ1n) is 5.69. The number of carboxylic acid groups (broad SMARTS) is 1. The van der Waals surface area contributed by atoms with Gasteiger partial charge in [-0.2, -0.15) is 0 Å². The second-order valence-corrected chi connectivity index (χ2v) is 4.31. The molecule has 0 saturated carbocycles. The second-order valence-electron chi connectivity index (χ2n) is 4.31. The molecule has 2 N–H and O–H groups in total. The summed E-state index contributed by atoms with van der Waals surface area (Å²) in [5.41, 5.74) is 0.338. The molecule has 1 aliphatic rings. The third-order valence-electron chi connectivity index (χ3n) is 2.91. The van der Waals surface area contributed by atoms with Crippen LogP contribution in [-0.4, -0.2) is 40.7 Å². The number of urea groups is 1. The summed E-state index contributed by atoms with van der Waals surface area (Å²) in [5.74, 6) is -1.85. The molecule has 1 aliphatic heterocycles. The van der Waals surface area contributed by atoms with Crippen molar-refractivity contribution in [3.05, 3.63) is 30.1 Å². The van der Waals surface area contributed by atoms with Crippen LogP contribution in [0.15, 0.2) is 24.3 Å². The predicted molar refractivity (Wildman–Crippen MR) is 61.5 cm³/mol. The maximum atomic E-state index is 12.7. The zero-order valence-electron chi connectivity index (χ0n) is 9.88.